The molecule has 0 bridgehead atoms. The normalized spacial score (nSPS) is 18.8. The van der Waals surface area contributed by atoms with E-state index in [0.717, 1.165) is 19.3 Å². The molecule has 0 radical (unpaired) electrons. The van der Waals surface area contributed by atoms with Gasteiger partial charge in [-0.05, 0) is 25.0 Å². The smallest absolute Gasteiger partial charge is 0.230 e. The van der Waals surface area contributed by atoms with E-state index in [9.17, 15) is 9.59 Å². The highest BCUT2D eigenvalue weighted by atomic mass is 16.5. The lowest BCUT2D eigenvalue weighted by Gasteiger charge is -2.35. The van der Waals surface area contributed by atoms with Crippen molar-refractivity contribution in [1.82, 2.24) is 0 Å². The Hall–Kier alpha value is -1.84. The summed E-state index contributed by atoms with van der Waals surface area (Å²) in [6, 6.07) is 5.38. The van der Waals surface area contributed by atoms with E-state index in [1.807, 2.05) is 0 Å². The van der Waals surface area contributed by atoms with E-state index in [-0.39, 0.29) is 17.6 Å². The van der Waals surface area contributed by atoms with Gasteiger partial charge in [-0.15, -0.1) is 0 Å². The molecule has 100 valence electrons. The van der Waals surface area contributed by atoms with E-state index in [1.54, 1.807) is 30.2 Å². The fourth-order valence-electron chi connectivity index (χ4n) is 2.75. The molecule has 1 amide bonds. The molecule has 0 atom stereocenters. The van der Waals surface area contributed by atoms with Crippen molar-refractivity contribution < 1.29 is 14.3 Å². The molecule has 0 saturated heterocycles. The number of carbonyl (C=O) groups is 2. The van der Waals surface area contributed by atoms with E-state index in [4.69, 9.17) is 4.74 Å². The van der Waals surface area contributed by atoms with Crippen LogP contribution in [0.5, 0.6) is 5.75 Å². The van der Waals surface area contributed by atoms with Gasteiger partial charge in [-0.2, -0.15) is 0 Å². The molecule has 1 aromatic carbocycles. The quantitative estimate of drug-likeness (QED) is 0.819. The third-order valence-electron chi connectivity index (χ3n) is 4.07. The molecule has 2 aliphatic rings. The number of ether oxygens (including phenoxy) is 1. The molecule has 0 unspecified atom stereocenters. The van der Waals surface area contributed by atoms with Crippen LogP contribution in [0.25, 0.3) is 0 Å². The van der Waals surface area contributed by atoms with Gasteiger partial charge in [0.15, 0.2) is 5.78 Å². The minimum Gasteiger partial charge on any atom is -0.495 e. The van der Waals surface area contributed by atoms with Gasteiger partial charge in [-0.1, -0.05) is 12.5 Å². The maximum atomic E-state index is 12.5. The molecular formula is C15H17NO3. The summed E-state index contributed by atoms with van der Waals surface area (Å²) in [6.07, 6.45) is 3.46. The third kappa shape index (κ3) is 1.91. The molecule has 0 N–H and O–H groups in total. The zero-order chi connectivity index (χ0) is 13.4. The highest BCUT2D eigenvalue weighted by molar-refractivity contribution is 6.10. The summed E-state index contributed by atoms with van der Waals surface area (Å²) in [6.45, 7) is 0.474. The van der Waals surface area contributed by atoms with Crippen LogP contribution >= 0.6 is 0 Å². The minimum atomic E-state index is 0.0894. The van der Waals surface area contributed by atoms with Crippen molar-refractivity contribution >= 4 is 17.4 Å². The second-order valence-corrected chi connectivity index (χ2v) is 5.15. The van der Waals surface area contributed by atoms with Gasteiger partial charge < -0.3 is 9.64 Å². The first-order valence-electron chi connectivity index (χ1n) is 6.74. The van der Waals surface area contributed by atoms with E-state index >= 15 is 0 Å². The van der Waals surface area contributed by atoms with Gasteiger partial charge in [0.1, 0.15) is 5.75 Å². The summed E-state index contributed by atoms with van der Waals surface area (Å²) >= 11 is 0. The summed E-state index contributed by atoms with van der Waals surface area (Å²) in [5.41, 5.74) is 1.27. The zero-order valence-corrected chi connectivity index (χ0v) is 11.0. The Labute approximate surface area is 112 Å². The number of Topliss-reactive ketones (excluding diaryl/α,β-unsaturated/α-hetero) is 1. The largest absolute Gasteiger partial charge is 0.495 e. The fraction of sp³-hybridized carbons (Fsp3) is 0.467. The molecule has 4 nitrogen and oxygen atoms in total. The number of anilines is 1. The van der Waals surface area contributed by atoms with Crippen LogP contribution in [0.4, 0.5) is 5.69 Å². The predicted molar refractivity (Wildman–Crippen MR) is 71.6 cm³/mol. The van der Waals surface area contributed by atoms with Crippen LogP contribution in [0, 0.1) is 5.92 Å². The van der Waals surface area contributed by atoms with Gasteiger partial charge in [0, 0.05) is 24.4 Å². The number of rotatable bonds is 2. The molecule has 19 heavy (non-hydrogen) atoms. The van der Waals surface area contributed by atoms with Crippen LogP contribution < -0.4 is 9.64 Å². The molecular weight excluding hydrogens is 242 g/mol. The molecule has 0 spiro atoms. The van der Waals surface area contributed by atoms with Crippen molar-refractivity contribution in [3.8, 4) is 5.75 Å². The van der Waals surface area contributed by atoms with Crippen LogP contribution in [-0.4, -0.2) is 25.3 Å². The Morgan fingerprint density at radius 2 is 2.16 bits per heavy atom. The summed E-state index contributed by atoms with van der Waals surface area (Å²) in [7, 11) is 1.57. The number of hydrogen-bond acceptors (Lipinski definition) is 3. The number of hydrogen-bond donors (Lipinski definition) is 0. The number of nitrogens with zero attached hydrogens (tertiary/aromatic N) is 1. The van der Waals surface area contributed by atoms with Crippen LogP contribution in [-0.2, 0) is 4.79 Å². The standard InChI is InChI=1S/C15H17NO3/c1-19-13-7-3-6-11-12(17)8-9-16(14(11)13)15(18)10-4-2-5-10/h3,6-7,10H,2,4-5,8-9H2,1H3. The fourth-order valence-corrected chi connectivity index (χ4v) is 2.75. The van der Waals surface area contributed by atoms with Crippen LogP contribution in [0.3, 0.4) is 0 Å². The van der Waals surface area contributed by atoms with E-state index in [1.165, 1.54) is 0 Å². The SMILES string of the molecule is COc1cccc2c1N(C(=O)C1CCC1)CCC2=O. The number of para-hydroxylation sites is 1. The van der Waals surface area contributed by atoms with Crippen molar-refractivity contribution in [2.45, 2.75) is 25.7 Å². The van der Waals surface area contributed by atoms with Gasteiger partial charge in [0.05, 0.1) is 12.8 Å². The van der Waals surface area contributed by atoms with Crippen molar-refractivity contribution in [3.05, 3.63) is 23.8 Å². The first kappa shape index (κ1) is 12.2. The van der Waals surface area contributed by atoms with Crippen LogP contribution in [0.15, 0.2) is 18.2 Å². The molecule has 1 aliphatic carbocycles. The lowest BCUT2D eigenvalue weighted by molar-refractivity contribution is -0.124. The van der Waals surface area contributed by atoms with Crippen molar-refractivity contribution in [2.24, 2.45) is 5.92 Å². The van der Waals surface area contributed by atoms with E-state index in [0.29, 0.717) is 30.0 Å². The van der Waals surface area contributed by atoms with Crippen LogP contribution in [0.1, 0.15) is 36.0 Å². The average molecular weight is 259 g/mol. The number of ketones is 1. The molecule has 3 rings (SSSR count). The molecule has 1 aliphatic heterocycles. The summed E-state index contributed by atoms with van der Waals surface area (Å²) in [5.74, 6) is 0.972. The van der Waals surface area contributed by atoms with Gasteiger partial charge in [0.2, 0.25) is 5.91 Å². The summed E-state index contributed by atoms with van der Waals surface area (Å²) < 4.78 is 5.33. The minimum absolute atomic E-state index is 0.0894. The van der Waals surface area contributed by atoms with Gasteiger partial charge in [-0.3, -0.25) is 9.59 Å². The Morgan fingerprint density at radius 1 is 1.37 bits per heavy atom. The van der Waals surface area contributed by atoms with E-state index < -0.39 is 0 Å². The van der Waals surface area contributed by atoms with Gasteiger partial charge in [0.25, 0.3) is 0 Å². The molecule has 1 aromatic rings. The predicted octanol–water partition coefficient (Wildman–Crippen LogP) is 2.41. The molecule has 1 saturated carbocycles. The summed E-state index contributed by atoms with van der Waals surface area (Å²) in [4.78, 5) is 26.2. The monoisotopic (exact) mass is 259 g/mol. The number of amides is 1. The van der Waals surface area contributed by atoms with Crippen LogP contribution in [0.2, 0.25) is 0 Å². The first-order valence-corrected chi connectivity index (χ1v) is 6.74. The second-order valence-electron chi connectivity index (χ2n) is 5.15. The Kier molecular flexibility index (Phi) is 3.01. The van der Waals surface area contributed by atoms with E-state index in [2.05, 4.69) is 0 Å². The lowest BCUT2D eigenvalue weighted by atomic mass is 9.83. The molecule has 1 fully saturated rings. The summed E-state index contributed by atoms with van der Waals surface area (Å²) in [5, 5.41) is 0. The zero-order valence-electron chi connectivity index (χ0n) is 11.0. The molecule has 0 aromatic heterocycles. The number of carbonyl (C=O) groups excluding carboxylic acids is 2. The first-order chi connectivity index (χ1) is 9.22. The number of benzene rings is 1. The lowest BCUT2D eigenvalue weighted by Crippen LogP contribution is -2.43. The maximum Gasteiger partial charge on any atom is 0.230 e. The topological polar surface area (TPSA) is 46.6 Å². The second kappa shape index (κ2) is 4.68. The van der Waals surface area contributed by atoms with Crippen molar-refractivity contribution in [1.29, 1.82) is 0 Å². The molecule has 1 heterocycles. The highest BCUT2D eigenvalue weighted by Crippen LogP contribution is 2.39. The Morgan fingerprint density at radius 3 is 2.79 bits per heavy atom. The Balaban J connectivity index is 2.03. The maximum absolute atomic E-state index is 12.5. The van der Waals surface area contributed by atoms with Crippen molar-refractivity contribution in [2.75, 3.05) is 18.6 Å². The number of fused-ring (bicyclic) bond motifs is 1. The Bertz CT molecular complexity index is 534. The average Bonchev–Trinajstić information content (AvgIpc) is 2.36. The van der Waals surface area contributed by atoms with Gasteiger partial charge >= 0.3 is 0 Å². The molecule has 4 heteroatoms. The third-order valence-corrected chi connectivity index (χ3v) is 4.07. The highest BCUT2D eigenvalue weighted by Gasteiger charge is 2.35. The number of methoxy groups -OCH3 is 1. The van der Waals surface area contributed by atoms with Crippen molar-refractivity contribution in [3.63, 3.8) is 0 Å². The van der Waals surface area contributed by atoms with Gasteiger partial charge in [-0.25, -0.2) is 0 Å².